The van der Waals surface area contributed by atoms with Crippen molar-refractivity contribution in [3.8, 4) is 0 Å². The van der Waals surface area contributed by atoms with Crippen molar-refractivity contribution >= 4 is 29.5 Å². The van der Waals surface area contributed by atoms with Crippen LogP contribution in [0.15, 0.2) is 0 Å². The van der Waals surface area contributed by atoms with E-state index in [-0.39, 0.29) is 0 Å². The van der Waals surface area contributed by atoms with Crippen LogP contribution < -0.4 is 5.32 Å². The minimum absolute atomic E-state index is 0.525. The monoisotopic (exact) mass is 334 g/mol. The molecule has 0 aromatic carbocycles. The summed E-state index contributed by atoms with van der Waals surface area (Å²) < 4.78 is 25.7. The van der Waals surface area contributed by atoms with E-state index in [9.17, 15) is 28.3 Å². The van der Waals surface area contributed by atoms with Crippen molar-refractivity contribution in [3.63, 3.8) is 0 Å². The molecule has 22 heavy (non-hydrogen) atoms. The van der Waals surface area contributed by atoms with E-state index in [1.54, 1.807) is 13.8 Å². The number of carbonyl (C=O) groups excluding carboxylic acids is 2. The number of nitrogens with one attached hydrogen (secondary N) is 1. The Kier molecular flexibility index (Phi) is 2.91. The molecule has 3 fully saturated rings. The van der Waals surface area contributed by atoms with Gasteiger partial charge in [0.1, 0.15) is 22.9 Å². The molecule has 1 aliphatic carbocycles. The van der Waals surface area contributed by atoms with Gasteiger partial charge in [-0.15, -0.1) is 11.8 Å². The summed E-state index contributed by atoms with van der Waals surface area (Å²) in [7, 11) is 0. The molecule has 2 amide bonds. The molecule has 1 unspecified atom stereocenters. The Balaban J connectivity index is 1.74. The highest BCUT2D eigenvalue weighted by atomic mass is 32.2. The van der Waals surface area contributed by atoms with E-state index in [0.717, 1.165) is 6.92 Å². The molecular weight excluding hydrogens is 318 g/mol. The predicted octanol–water partition coefficient (Wildman–Crippen LogP) is 0.663. The second-order valence-electron chi connectivity index (χ2n) is 6.76. The number of halogens is 2. The van der Waals surface area contributed by atoms with E-state index >= 15 is 0 Å². The van der Waals surface area contributed by atoms with Crippen molar-refractivity contribution < 1.29 is 28.3 Å². The third-order valence-corrected chi connectivity index (χ3v) is 6.29. The number of carbonyl (C=O) groups is 3. The van der Waals surface area contributed by atoms with Gasteiger partial charge in [0.2, 0.25) is 11.8 Å². The molecule has 2 saturated heterocycles. The van der Waals surface area contributed by atoms with Crippen molar-refractivity contribution in [1.29, 1.82) is 0 Å². The van der Waals surface area contributed by atoms with E-state index in [2.05, 4.69) is 5.32 Å². The molecule has 0 aromatic rings. The average Bonchev–Trinajstić information content (AvgIpc) is 2.78. The van der Waals surface area contributed by atoms with Gasteiger partial charge in [-0.3, -0.25) is 9.59 Å². The van der Waals surface area contributed by atoms with E-state index < -0.39 is 57.7 Å². The van der Waals surface area contributed by atoms with Crippen LogP contribution in [0.3, 0.4) is 0 Å². The van der Waals surface area contributed by atoms with Gasteiger partial charge < -0.3 is 15.3 Å². The van der Waals surface area contributed by atoms with Crippen LogP contribution in [0.1, 0.15) is 27.2 Å². The fourth-order valence-electron chi connectivity index (χ4n) is 3.09. The number of alkyl halides is 2. The lowest BCUT2D eigenvalue weighted by atomic mass is 9.95. The number of carboxylic acid groups (broad SMARTS) is 1. The maximum atomic E-state index is 13.2. The Morgan fingerprint density at radius 3 is 2.36 bits per heavy atom. The molecule has 2 N–H and O–H groups in total. The molecule has 4 atom stereocenters. The summed E-state index contributed by atoms with van der Waals surface area (Å²) in [5.41, 5.74) is -1.77. The van der Waals surface area contributed by atoms with Crippen molar-refractivity contribution in [2.45, 2.75) is 55.3 Å². The van der Waals surface area contributed by atoms with Crippen LogP contribution in [0.25, 0.3) is 0 Å². The number of rotatable bonds is 3. The van der Waals surface area contributed by atoms with Crippen molar-refractivity contribution in [1.82, 2.24) is 10.2 Å². The minimum Gasteiger partial charge on any atom is -0.480 e. The number of nitrogens with zero attached hydrogens (tertiary/aromatic N) is 1. The van der Waals surface area contributed by atoms with Gasteiger partial charge >= 0.3 is 5.97 Å². The number of hydrogen-bond acceptors (Lipinski definition) is 4. The van der Waals surface area contributed by atoms with Crippen LogP contribution in [0.2, 0.25) is 0 Å². The second-order valence-corrected chi connectivity index (χ2v) is 8.53. The first-order valence-electron chi connectivity index (χ1n) is 6.84. The Morgan fingerprint density at radius 1 is 1.36 bits per heavy atom. The molecule has 3 rings (SSSR count). The summed E-state index contributed by atoms with van der Waals surface area (Å²) in [5.74, 6) is -5.54. The predicted molar refractivity (Wildman–Crippen MR) is 73.3 cm³/mol. The lowest BCUT2D eigenvalue weighted by Gasteiger charge is -2.43. The van der Waals surface area contributed by atoms with Gasteiger partial charge in [0.15, 0.2) is 0 Å². The molecule has 2 aliphatic heterocycles. The van der Waals surface area contributed by atoms with Crippen LogP contribution >= 0.6 is 11.8 Å². The number of aliphatic carboxylic acids is 1. The summed E-state index contributed by atoms with van der Waals surface area (Å²) in [6, 6.07) is -1.92. The molecular formula is C13H16F2N2O4S. The van der Waals surface area contributed by atoms with Crippen molar-refractivity contribution in [2.75, 3.05) is 0 Å². The first-order chi connectivity index (χ1) is 9.92. The van der Waals surface area contributed by atoms with Gasteiger partial charge in [0.05, 0.1) is 0 Å². The Labute approximate surface area is 129 Å². The van der Waals surface area contributed by atoms with Gasteiger partial charge in [-0.2, -0.15) is 0 Å². The van der Waals surface area contributed by atoms with Crippen LogP contribution in [0.5, 0.6) is 0 Å². The van der Waals surface area contributed by atoms with Gasteiger partial charge in [-0.25, -0.2) is 13.6 Å². The Bertz CT molecular complexity index is 597. The number of carboxylic acids is 1. The number of hydrogen-bond donors (Lipinski definition) is 2. The standard InChI is InChI=1S/C13H16F2N2O4S/c1-11(2)6(9(19)20)17-7(18)5(8(17)22-11)16-10(21)12(3)4-13(12,14)15/h5-6,8H,4H2,1-3H3,(H,16,21)(H,19,20)/t5-,6+,8-,12?/m1/s1. The first-order valence-corrected chi connectivity index (χ1v) is 7.72. The zero-order valence-corrected chi connectivity index (χ0v) is 13.0. The Morgan fingerprint density at radius 2 is 1.91 bits per heavy atom. The zero-order chi connectivity index (χ0) is 16.7. The fraction of sp³-hybridized carbons (Fsp3) is 0.769. The summed E-state index contributed by atoms with van der Waals surface area (Å²) in [4.78, 5) is 36.7. The van der Waals surface area contributed by atoms with Crippen molar-refractivity contribution in [2.24, 2.45) is 5.41 Å². The quantitative estimate of drug-likeness (QED) is 0.741. The van der Waals surface area contributed by atoms with Crippen LogP contribution in [-0.4, -0.2) is 55.9 Å². The lowest BCUT2D eigenvalue weighted by molar-refractivity contribution is -0.161. The molecule has 0 aromatic heterocycles. The molecule has 0 spiro atoms. The second kappa shape index (κ2) is 4.12. The third-order valence-electron chi connectivity index (χ3n) is 4.72. The normalized spacial score (nSPS) is 40.7. The summed E-state index contributed by atoms with van der Waals surface area (Å²) in [6.45, 7) is 4.57. The average molecular weight is 334 g/mol. The number of thioether (sulfide) groups is 1. The molecule has 9 heteroatoms. The van der Waals surface area contributed by atoms with E-state index in [1.807, 2.05) is 0 Å². The number of fused-ring (bicyclic) bond motifs is 1. The third kappa shape index (κ3) is 1.80. The lowest BCUT2D eigenvalue weighted by Crippen LogP contribution is -2.71. The maximum absolute atomic E-state index is 13.2. The highest BCUT2D eigenvalue weighted by molar-refractivity contribution is 8.01. The summed E-state index contributed by atoms with van der Waals surface area (Å²) in [6.07, 6.45) is -0.530. The highest BCUT2D eigenvalue weighted by Crippen LogP contribution is 2.60. The molecule has 3 aliphatic rings. The minimum atomic E-state index is -3.05. The molecule has 6 nitrogen and oxygen atoms in total. The Hall–Kier alpha value is -1.38. The summed E-state index contributed by atoms with van der Waals surface area (Å²) >= 11 is 1.26. The topological polar surface area (TPSA) is 86.7 Å². The molecule has 122 valence electrons. The van der Waals surface area contributed by atoms with E-state index in [0.29, 0.717) is 0 Å². The van der Waals surface area contributed by atoms with Gasteiger partial charge in [0, 0.05) is 11.2 Å². The fourth-order valence-corrected chi connectivity index (χ4v) is 4.72. The van der Waals surface area contributed by atoms with Crippen LogP contribution in [0.4, 0.5) is 8.78 Å². The van der Waals surface area contributed by atoms with E-state index in [4.69, 9.17) is 0 Å². The molecule has 0 radical (unpaired) electrons. The van der Waals surface area contributed by atoms with Gasteiger partial charge in [-0.1, -0.05) is 0 Å². The zero-order valence-electron chi connectivity index (χ0n) is 12.2. The summed E-state index contributed by atoms with van der Waals surface area (Å²) in [5, 5.41) is 11.1. The van der Waals surface area contributed by atoms with Crippen LogP contribution in [0, 0.1) is 5.41 Å². The maximum Gasteiger partial charge on any atom is 0.327 e. The highest BCUT2D eigenvalue weighted by Gasteiger charge is 2.73. The molecule has 0 bridgehead atoms. The first kappa shape index (κ1) is 15.5. The largest absolute Gasteiger partial charge is 0.480 e. The van der Waals surface area contributed by atoms with Gasteiger partial charge in [-0.05, 0) is 20.8 Å². The number of β-lactam (4-membered cyclic amide) rings is 1. The van der Waals surface area contributed by atoms with Crippen LogP contribution in [-0.2, 0) is 14.4 Å². The SMILES string of the molecule is CC1(C)S[C@@H]2[C@H](NC(=O)C3(C)CC3(F)F)C(=O)N2[C@H]1C(=O)O. The van der Waals surface area contributed by atoms with Gasteiger partial charge in [0.25, 0.3) is 5.92 Å². The smallest absolute Gasteiger partial charge is 0.327 e. The number of amides is 2. The molecule has 2 heterocycles. The molecule has 1 saturated carbocycles. The van der Waals surface area contributed by atoms with Crippen molar-refractivity contribution in [3.05, 3.63) is 0 Å². The van der Waals surface area contributed by atoms with E-state index in [1.165, 1.54) is 16.7 Å².